The smallest absolute Gasteiger partial charge is 0.302 e. The van der Waals surface area contributed by atoms with Crippen molar-refractivity contribution in [3.63, 3.8) is 0 Å². The second-order valence-electron chi connectivity index (χ2n) is 6.78. The van der Waals surface area contributed by atoms with Crippen molar-refractivity contribution in [2.45, 2.75) is 12.6 Å². The number of aromatic nitrogens is 3. The predicted octanol–water partition coefficient (Wildman–Crippen LogP) is 1.96. The van der Waals surface area contributed by atoms with Crippen molar-refractivity contribution in [1.82, 2.24) is 18.8 Å². The summed E-state index contributed by atoms with van der Waals surface area (Å²) in [5.41, 5.74) is 0.134. The number of nitrogens with zero attached hydrogens (tertiary/aromatic N) is 4. The van der Waals surface area contributed by atoms with Crippen LogP contribution in [0.4, 0.5) is 14.6 Å². The highest BCUT2D eigenvalue weighted by Gasteiger charge is 2.31. The number of hydrogen-bond donors (Lipinski definition) is 1. The van der Waals surface area contributed by atoms with Gasteiger partial charge in [-0.05, 0) is 36.8 Å². The highest BCUT2D eigenvalue weighted by Crippen LogP contribution is 2.26. The molecule has 0 amide bonds. The second-order valence-corrected chi connectivity index (χ2v) is 8.45. The Bertz CT molecular complexity index is 1280. The highest BCUT2D eigenvalue weighted by molar-refractivity contribution is 7.90. The fourth-order valence-corrected chi connectivity index (χ4v) is 4.23. The van der Waals surface area contributed by atoms with Crippen LogP contribution in [-0.2, 0) is 17.3 Å². The van der Waals surface area contributed by atoms with E-state index < -0.39 is 28.1 Å². The summed E-state index contributed by atoms with van der Waals surface area (Å²) < 4.78 is 62.1. The number of halogens is 2. The maximum absolute atomic E-state index is 14.2. The molecule has 0 saturated carbocycles. The number of ether oxygens (including phenoxy) is 1. The Balaban J connectivity index is 1.60. The molecule has 3 heterocycles. The zero-order chi connectivity index (χ0) is 21.5. The lowest BCUT2D eigenvalue weighted by Gasteiger charge is -2.16. The lowest BCUT2D eigenvalue weighted by atomic mass is 10.2. The van der Waals surface area contributed by atoms with Gasteiger partial charge in [0.2, 0.25) is 0 Å². The molecule has 1 aromatic carbocycles. The fraction of sp³-hybridized carbons (Fsp3) is 0.278. The minimum absolute atomic E-state index is 0.0428. The largest absolute Gasteiger partial charge is 0.436 e. The highest BCUT2D eigenvalue weighted by atomic mass is 32.2. The van der Waals surface area contributed by atoms with Crippen LogP contribution in [0.15, 0.2) is 41.5 Å². The van der Waals surface area contributed by atoms with E-state index in [0.29, 0.717) is 5.52 Å². The average Bonchev–Trinajstić information content (AvgIpc) is 3.15. The quantitative estimate of drug-likeness (QED) is 0.654. The third-order valence-corrected chi connectivity index (χ3v) is 6.06. The zero-order valence-electron chi connectivity index (χ0n) is 15.7. The Morgan fingerprint density at radius 3 is 2.80 bits per heavy atom. The Morgan fingerprint density at radius 1 is 1.27 bits per heavy atom. The second kappa shape index (κ2) is 7.61. The molecule has 1 aliphatic rings. The van der Waals surface area contributed by atoms with Crippen molar-refractivity contribution in [1.29, 1.82) is 0 Å². The molecule has 0 radical (unpaired) electrons. The summed E-state index contributed by atoms with van der Waals surface area (Å²) in [6.07, 6.45) is 0.271. The van der Waals surface area contributed by atoms with Gasteiger partial charge in [0.25, 0.3) is 11.4 Å². The van der Waals surface area contributed by atoms with Crippen LogP contribution in [0.5, 0.6) is 11.6 Å². The topological polar surface area (TPSA) is 106 Å². The first-order chi connectivity index (χ1) is 14.2. The first-order valence-electron chi connectivity index (χ1n) is 8.95. The fourth-order valence-electron chi connectivity index (χ4n) is 3.02. The van der Waals surface area contributed by atoms with Gasteiger partial charge in [-0.15, -0.1) is 0 Å². The lowest BCUT2D eigenvalue weighted by Crippen LogP contribution is -2.34. The van der Waals surface area contributed by atoms with E-state index in [0.717, 1.165) is 16.4 Å². The van der Waals surface area contributed by atoms with Crippen LogP contribution in [0.2, 0.25) is 0 Å². The van der Waals surface area contributed by atoms with Gasteiger partial charge in [-0.3, -0.25) is 9.52 Å². The Kier molecular flexibility index (Phi) is 5.12. The van der Waals surface area contributed by atoms with Crippen molar-refractivity contribution in [2.75, 3.05) is 17.8 Å². The van der Waals surface area contributed by atoms with Gasteiger partial charge in [0.1, 0.15) is 17.7 Å². The first kappa shape index (κ1) is 20.2. The maximum Gasteiger partial charge on any atom is 0.302 e. The molecule has 1 fully saturated rings. The molecule has 9 nitrogen and oxygen atoms in total. The van der Waals surface area contributed by atoms with E-state index in [2.05, 4.69) is 14.7 Å². The summed E-state index contributed by atoms with van der Waals surface area (Å²) in [5, 5.41) is 0.268. The molecular weight excluding hydrogens is 420 g/mol. The molecule has 0 aliphatic carbocycles. The van der Waals surface area contributed by atoms with E-state index in [1.807, 2.05) is 0 Å². The van der Waals surface area contributed by atoms with Crippen LogP contribution in [0.25, 0.3) is 10.9 Å². The molecule has 1 atom stereocenters. The van der Waals surface area contributed by atoms with Crippen LogP contribution in [0.1, 0.15) is 6.42 Å². The average molecular weight is 437 g/mol. The lowest BCUT2D eigenvalue weighted by molar-refractivity contribution is 0.343. The van der Waals surface area contributed by atoms with Crippen molar-refractivity contribution >= 4 is 26.9 Å². The third kappa shape index (κ3) is 3.96. The van der Waals surface area contributed by atoms with Crippen molar-refractivity contribution in [3.05, 3.63) is 52.8 Å². The normalized spacial score (nSPS) is 17.4. The van der Waals surface area contributed by atoms with Crippen LogP contribution >= 0.6 is 0 Å². The molecule has 2 aromatic heterocycles. The van der Waals surface area contributed by atoms with Crippen molar-refractivity contribution in [2.24, 2.45) is 7.05 Å². The third-order valence-electron chi connectivity index (χ3n) is 4.58. The molecule has 158 valence electrons. The zero-order valence-corrected chi connectivity index (χ0v) is 16.6. The Labute approximate surface area is 170 Å². The predicted molar refractivity (Wildman–Crippen MR) is 105 cm³/mol. The van der Waals surface area contributed by atoms with Crippen LogP contribution in [-0.4, -0.2) is 46.5 Å². The van der Waals surface area contributed by atoms with Crippen LogP contribution < -0.4 is 15.0 Å². The molecule has 0 unspecified atom stereocenters. The molecule has 30 heavy (non-hydrogen) atoms. The molecule has 4 rings (SSSR count). The van der Waals surface area contributed by atoms with Gasteiger partial charge < -0.3 is 9.30 Å². The molecule has 3 aromatic rings. The molecule has 0 bridgehead atoms. The van der Waals surface area contributed by atoms with E-state index in [-0.39, 0.29) is 42.0 Å². The summed E-state index contributed by atoms with van der Waals surface area (Å²) in [6.45, 7) is -0.207. The number of nitrogens with one attached hydrogen (secondary N) is 1. The summed E-state index contributed by atoms with van der Waals surface area (Å²) in [6, 6.07) is 6.54. The van der Waals surface area contributed by atoms with Gasteiger partial charge in [-0.2, -0.15) is 17.7 Å². The minimum atomic E-state index is -4.04. The van der Waals surface area contributed by atoms with E-state index >= 15 is 0 Å². The number of rotatable bonds is 5. The number of benzene rings is 1. The minimum Gasteiger partial charge on any atom is -0.436 e. The monoisotopic (exact) mass is 437 g/mol. The van der Waals surface area contributed by atoms with Crippen LogP contribution in [0, 0.1) is 5.82 Å². The summed E-state index contributed by atoms with van der Waals surface area (Å²) in [4.78, 5) is 20.2. The van der Waals surface area contributed by atoms with Crippen molar-refractivity contribution < 1.29 is 21.9 Å². The van der Waals surface area contributed by atoms with E-state index in [9.17, 15) is 22.0 Å². The van der Waals surface area contributed by atoms with Crippen LogP contribution in [0.3, 0.4) is 0 Å². The number of alkyl halides is 1. The Hall–Kier alpha value is -3.12. The van der Waals surface area contributed by atoms with E-state index in [1.54, 1.807) is 7.05 Å². The van der Waals surface area contributed by atoms with Gasteiger partial charge in [-0.25, -0.2) is 13.8 Å². The molecule has 1 aliphatic heterocycles. The molecule has 1 saturated heterocycles. The van der Waals surface area contributed by atoms with Gasteiger partial charge in [0.15, 0.2) is 5.82 Å². The number of fused-ring (bicyclic) bond motifs is 1. The van der Waals surface area contributed by atoms with Gasteiger partial charge >= 0.3 is 10.2 Å². The number of anilines is 1. The number of hydrogen-bond acceptors (Lipinski definition) is 6. The number of pyridine rings is 1. The molecule has 0 spiro atoms. The van der Waals surface area contributed by atoms with E-state index in [4.69, 9.17) is 4.74 Å². The van der Waals surface area contributed by atoms with Gasteiger partial charge in [0.05, 0.1) is 17.2 Å². The summed E-state index contributed by atoms with van der Waals surface area (Å²) >= 11 is 0. The summed E-state index contributed by atoms with van der Waals surface area (Å²) in [7, 11) is -2.49. The maximum atomic E-state index is 14.2. The first-order valence-corrected chi connectivity index (χ1v) is 10.4. The molecular formula is C18H17F2N5O4S. The summed E-state index contributed by atoms with van der Waals surface area (Å²) in [5.74, 6) is -1.38. The standard InChI is InChI=1S/C18H17F2N5O4S/c1-24-10-21-15-4-2-12(8-13(15)18(24)26)29-17-14(20)3-5-16(22-17)23-30(27,28)25-7-6-11(19)9-25/h2-5,8,10-11H,6-7,9H2,1H3,(H,22,23)/t11-/m1/s1. The van der Waals surface area contributed by atoms with Gasteiger partial charge in [-0.1, -0.05) is 0 Å². The van der Waals surface area contributed by atoms with E-state index in [1.165, 1.54) is 29.1 Å². The molecule has 12 heteroatoms. The van der Waals surface area contributed by atoms with Gasteiger partial charge in [0, 0.05) is 20.1 Å². The SMILES string of the molecule is Cn1cnc2ccc(Oc3nc(NS(=O)(=O)N4CC[C@@H](F)C4)ccc3F)cc2c1=O. The van der Waals surface area contributed by atoms with Crippen molar-refractivity contribution in [3.8, 4) is 11.6 Å². The Morgan fingerprint density at radius 2 is 2.07 bits per heavy atom. The molecule has 1 N–H and O–H groups in total. The number of aryl methyl sites for hydroxylation is 1.